The van der Waals surface area contributed by atoms with Gasteiger partial charge in [0.05, 0.1) is 15.3 Å². The summed E-state index contributed by atoms with van der Waals surface area (Å²) in [6.45, 7) is 0.673. The van der Waals surface area contributed by atoms with Crippen molar-refractivity contribution in [1.29, 1.82) is 0 Å². The van der Waals surface area contributed by atoms with Gasteiger partial charge < -0.3 is 16.8 Å². The molecular formula is C22H21N5O2S. The Balaban J connectivity index is 1.42. The molecule has 0 unspecified atom stereocenters. The van der Waals surface area contributed by atoms with Gasteiger partial charge in [-0.05, 0) is 54.4 Å². The second kappa shape index (κ2) is 8.00. The molecule has 4 aromatic rings. The van der Waals surface area contributed by atoms with Gasteiger partial charge in [0.25, 0.3) is 0 Å². The molecule has 7 nitrogen and oxygen atoms in total. The molecule has 0 aliphatic rings. The topological polar surface area (TPSA) is 124 Å². The van der Waals surface area contributed by atoms with Crippen LogP contribution in [0.4, 0.5) is 17.5 Å². The zero-order valence-corrected chi connectivity index (χ0v) is 16.9. The Morgan fingerprint density at radius 3 is 2.27 bits per heavy atom. The number of nitrogens with zero attached hydrogens (tertiary/aromatic N) is 2. The number of rotatable bonds is 6. The summed E-state index contributed by atoms with van der Waals surface area (Å²) >= 11 is 0. The van der Waals surface area contributed by atoms with Crippen molar-refractivity contribution in [2.75, 3.05) is 23.3 Å². The summed E-state index contributed by atoms with van der Waals surface area (Å²) in [7, 11) is -3.50. The largest absolute Gasteiger partial charge is 0.385 e. The third-order valence-electron chi connectivity index (χ3n) is 4.77. The minimum Gasteiger partial charge on any atom is -0.385 e. The molecule has 0 aliphatic heterocycles. The first-order valence-electron chi connectivity index (χ1n) is 9.39. The maximum atomic E-state index is 12.7. The Morgan fingerprint density at radius 2 is 1.53 bits per heavy atom. The Bertz CT molecular complexity index is 1290. The van der Waals surface area contributed by atoms with E-state index in [4.69, 9.17) is 11.5 Å². The van der Waals surface area contributed by atoms with Crippen molar-refractivity contribution < 1.29 is 8.42 Å². The van der Waals surface area contributed by atoms with E-state index in [-0.39, 0.29) is 10.8 Å². The van der Waals surface area contributed by atoms with E-state index < -0.39 is 9.84 Å². The molecular weight excluding hydrogens is 398 g/mol. The van der Waals surface area contributed by atoms with Crippen LogP contribution in [0.2, 0.25) is 0 Å². The maximum Gasteiger partial charge on any atom is 0.222 e. The number of nitrogens with two attached hydrogens (primary N) is 2. The van der Waals surface area contributed by atoms with Crippen molar-refractivity contribution >= 4 is 38.2 Å². The van der Waals surface area contributed by atoms with Crippen LogP contribution in [0.15, 0.2) is 82.6 Å². The fraction of sp³-hybridized carbons (Fsp3) is 0.0909. The molecule has 0 radical (unpaired) electrons. The van der Waals surface area contributed by atoms with E-state index in [0.29, 0.717) is 22.8 Å². The quantitative estimate of drug-likeness (QED) is 0.438. The van der Waals surface area contributed by atoms with Gasteiger partial charge in [-0.25, -0.2) is 13.4 Å². The SMILES string of the molecule is Nc1nc(N)c2cc(NCCc3ccc(S(=O)(=O)c4ccccc4)cc3)ccc2n1. The van der Waals surface area contributed by atoms with Crippen molar-refractivity contribution in [3.8, 4) is 0 Å². The van der Waals surface area contributed by atoms with Crippen LogP contribution < -0.4 is 16.8 Å². The second-order valence-corrected chi connectivity index (χ2v) is 8.79. The molecule has 0 bridgehead atoms. The lowest BCUT2D eigenvalue weighted by Crippen LogP contribution is -2.06. The normalized spacial score (nSPS) is 11.5. The third-order valence-corrected chi connectivity index (χ3v) is 6.56. The van der Waals surface area contributed by atoms with Gasteiger partial charge in [0.1, 0.15) is 5.82 Å². The predicted molar refractivity (Wildman–Crippen MR) is 119 cm³/mol. The summed E-state index contributed by atoms with van der Waals surface area (Å²) in [5.41, 5.74) is 14.2. The highest BCUT2D eigenvalue weighted by molar-refractivity contribution is 7.91. The molecule has 30 heavy (non-hydrogen) atoms. The van der Waals surface area contributed by atoms with E-state index in [2.05, 4.69) is 15.3 Å². The molecule has 0 spiro atoms. The van der Waals surface area contributed by atoms with Gasteiger partial charge in [-0.2, -0.15) is 4.98 Å². The molecule has 0 aliphatic carbocycles. The highest BCUT2D eigenvalue weighted by Crippen LogP contribution is 2.23. The molecule has 5 N–H and O–H groups in total. The number of benzene rings is 3. The predicted octanol–water partition coefficient (Wildman–Crippen LogP) is 3.28. The number of hydrogen-bond acceptors (Lipinski definition) is 7. The molecule has 0 atom stereocenters. The Labute approximate surface area is 174 Å². The first-order valence-corrected chi connectivity index (χ1v) is 10.9. The lowest BCUT2D eigenvalue weighted by molar-refractivity contribution is 0.596. The molecule has 152 valence electrons. The molecule has 4 rings (SSSR count). The van der Waals surface area contributed by atoms with E-state index in [9.17, 15) is 8.42 Å². The van der Waals surface area contributed by atoms with Crippen LogP contribution in [0.1, 0.15) is 5.56 Å². The van der Waals surface area contributed by atoms with Gasteiger partial charge in [-0.1, -0.05) is 30.3 Å². The van der Waals surface area contributed by atoms with Crippen molar-refractivity contribution in [2.24, 2.45) is 0 Å². The van der Waals surface area contributed by atoms with Crippen molar-refractivity contribution in [1.82, 2.24) is 9.97 Å². The van der Waals surface area contributed by atoms with Crippen LogP contribution in [0.3, 0.4) is 0 Å². The molecule has 8 heteroatoms. The average molecular weight is 420 g/mol. The number of fused-ring (bicyclic) bond motifs is 1. The first-order chi connectivity index (χ1) is 14.4. The fourth-order valence-electron chi connectivity index (χ4n) is 3.20. The summed E-state index contributed by atoms with van der Waals surface area (Å²) in [5.74, 6) is 0.495. The molecule has 1 heterocycles. The Hall–Kier alpha value is -3.65. The minimum absolute atomic E-state index is 0.151. The van der Waals surface area contributed by atoms with Crippen molar-refractivity contribution in [3.05, 3.63) is 78.4 Å². The van der Waals surface area contributed by atoms with E-state index in [1.165, 1.54) is 0 Å². The molecule has 0 saturated heterocycles. The number of nitrogen functional groups attached to an aromatic ring is 2. The van der Waals surface area contributed by atoms with Crippen LogP contribution in [0.5, 0.6) is 0 Å². The number of anilines is 3. The van der Waals surface area contributed by atoms with Crippen LogP contribution >= 0.6 is 0 Å². The standard InChI is InChI=1S/C22H21N5O2S/c23-21-19-14-16(8-11-20(19)26-22(24)27-21)25-13-12-15-6-9-18(10-7-15)30(28,29)17-4-2-1-3-5-17/h1-11,14,25H,12-13H2,(H4,23,24,26,27). The molecule has 3 aromatic carbocycles. The van der Waals surface area contributed by atoms with E-state index in [1.807, 2.05) is 30.3 Å². The highest BCUT2D eigenvalue weighted by atomic mass is 32.2. The van der Waals surface area contributed by atoms with Gasteiger partial charge >= 0.3 is 0 Å². The van der Waals surface area contributed by atoms with Crippen LogP contribution in [0, 0.1) is 0 Å². The van der Waals surface area contributed by atoms with Crippen LogP contribution in [-0.4, -0.2) is 24.9 Å². The number of aromatic nitrogens is 2. The van der Waals surface area contributed by atoms with Gasteiger partial charge in [-0.15, -0.1) is 0 Å². The van der Waals surface area contributed by atoms with E-state index in [1.54, 1.807) is 42.5 Å². The second-order valence-electron chi connectivity index (χ2n) is 6.84. The Kier molecular flexibility index (Phi) is 5.24. The monoisotopic (exact) mass is 419 g/mol. The number of nitrogens with one attached hydrogen (secondary N) is 1. The van der Waals surface area contributed by atoms with E-state index >= 15 is 0 Å². The molecule has 0 fully saturated rings. The van der Waals surface area contributed by atoms with E-state index in [0.717, 1.165) is 23.1 Å². The number of sulfone groups is 1. The van der Waals surface area contributed by atoms with Crippen molar-refractivity contribution in [2.45, 2.75) is 16.2 Å². The third kappa shape index (κ3) is 4.04. The summed E-state index contributed by atoms with van der Waals surface area (Å²) in [5, 5.41) is 4.08. The summed E-state index contributed by atoms with van der Waals surface area (Å²) in [6, 6.07) is 21.0. The maximum absolute atomic E-state index is 12.7. The summed E-state index contributed by atoms with van der Waals surface area (Å²) in [4.78, 5) is 8.73. The van der Waals surface area contributed by atoms with Crippen molar-refractivity contribution in [3.63, 3.8) is 0 Å². The molecule has 1 aromatic heterocycles. The fourth-order valence-corrected chi connectivity index (χ4v) is 4.48. The van der Waals surface area contributed by atoms with Gasteiger partial charge in [0, 0.05) is 17.6 Å². The smallest absolute Gasteiger partial charge is 0.222 e. The minimum atomic E-state index is -3.50. The lowest BCUT2D eigenvalue weighted by atomic mass is 10.1. The molecule has 0 saturated carbocycles. The average Bonchev–Trinajstić information content (AvgIpc) is 2.75. The Morgan fingerprint density at radius 1 is 0.833 bits per heavy atom. The first kappa shape index (κ1) is 19.7. The molecule has 0 amide bonds. The van der Waals surface area contributed by atoms with Gasteiger partial charge in [0.2, 0.25) is 15.8 Å². The van der Waals surface area contributed by atoms with Gasteiger partial charge in [-0.3, -0.25) is 0 Å². The lowest BCUT2D eigenvalue weighted by Gasteiger charge is -2.09. The summed E-state index contributed by atoms with van der Waals surface area (Å²) < 4.78 is 25.3. The van der Waals surface area contributed by atoms with Crippen LogP contribution in [0.25, 0.3) is 10.9 Å². The zero-order chi connectivity index (χ0) is 21.1. The summed E-state index contributed by atoms with van der Waals surface area (Å²) in [6.07, 6.45) is 0.734. The van der Waals surface area contributed by atoms with Gasteiger partial charge in [0.15, 0.2) is 0 Å². The zero-order valence-electron chi connectivity index (χ0n) is 16.1. The number of hydrogen-bond donors (Lipinski definition) is 3. The highest BCUT2D eigenvalue weighted by Gasteiger charge is 2.16. The van der Waals surface area contributed by atoms with Crippen LogP contribution in [-0.2, 0) is 16.3 Å².